The zero-order chi connectivity index (χ0) is 12.3. The van der Waals surface area contributed by atoms with E-state index in [9.17, 15) is 9.18 Å². The van der Waals surface area contributed by atoms with Gasteiger partial charge in [-0.05, 0) is 12.1 Å². The van der Waals surface area contributed by atoms with Crippen LogP contribution in [0.1, 0.15) is 12.1 Å². The highest BCUT2D eigenvalue weighted by Crippen LogP contribution is 2.20. The number of hydrogen-bond donors (Lipinski definition) is 0. The van der Waals surface area contributed by atoms with E-state index in [1.807, 2.05) is 0 Å². The SMILES string of the molecule is COC(=O)CCc1nccc2c(F)cccc12. The first kappa shape index (κ1) is 11.5. The van der Waals surface area contributed by atoms with E-state index in [0.29, 0.717) is 17.5 Å². The van der Waals surface area contributed by atoms with E-state index in [4.69, 9.17) is 0 Å². The Bertz CT molecular complexity index is 554. The molecule has 1 aromatic carbocycles. The van der Waals surface area contributed by atoms with Crippen molar-refractivity contribution in [2.45, 2.75) is 12.8 Å². The second-order valence-corrected chi connectivity index (χ2v) is 3.67. The molecule has 0 aliphatic carbocycles. The summed E-state index contributed by atoms with van der Waals surface area (Å²) in [4.78, 5) is 15.2. The highest BCUT2D eigenvalue weighted by atomic mass is 19.1. The Morgan fingerprint density at radius 1 is 1.35 bits per heavy atom. The van der Waals surface area contributed by atoms with Crippen molar-refractivity contribution in [1.29, 1.82) is 0 Å². The molecule has 0 fully saturated rings. The largest absolute Gasteiger partial charge is 0.469 e. The van der Waals surface area contributed by atoms with Crippen LogP contribution in [0.15, 0.2) is 30.5 Å². The number of hydrogen-bond acceptors (Lipinski definition) is 3. The number of aromatic nitrogens is 1. The number of aryl methyl sites for hydroxylation is 1. The fraction of sp³-hybridized carbons (Fsp3) is 0.231. The average molecular weight is 233 g/mol. The van der Waals surface area contributed by atoms with Crippen LogP contribution in [0.2, 0.25) is 0 Å². The Kier molecular flexibility index (Phi) is 3.32. The lowest BCUT2D eigenvalue weighted by Gasteiger charge is -2.05. The van der Waals surface area contributed by atoms with Crippen molar-refractivity contribution in [3.05, 3.63) is 42.0 Å². The molecule has 0 bridgehead atoms. The van der Waals surface area contributed by atoms with Crippen LogP contribution in [0, 0.1) is 5.82 Å². The van der Waals surface area contributed by atoms with Gasteiger partial charge in [0.15, 0.2) is 0 Å². The van der Waals surface area contributed by atoms with Gasteiger partial charge in [0.05, 0.1) is 13.5 Å². The molecule has 0 aliphatic rings. The molecule has 88 valence electrons. The zero-order valence-electron chi connectivity index (χ0n) is 9.44. The third-order valence-corrected chi connectivity index (χ3v) is 2.63. The van der Waals surface area contributed by atoms with Gasteiger partial charge in [-0.15, -0.1) is 0 Å². The first-order valence-electron chi connectivity index (χ1n) is 5.31. The number of carbonyl (C=O) groups excluding carboxylic acids is 1. The molecule has 0 amide bonds. The van der Waals surface area contributed by atoms with Crippen molar-refractivity contribution in [3.63, 3.8) is 0 Å². The summed E-state index contributed by atoms with van der Waals surface area (Å²) >= 11 is 0. The Morgan fingerprint density at radius 2 is 2.18 bits per heavy atom. The fourth-order valence-electron chi connectivity index (χ4n) is 1.75. The summed E-state index contributed by atoms with van der Waals surface area (Å²) in [5, 5.41) is 1.28. The van der Waals surface area contributed by atoms with E-state index in [1.165, 1.54) is 13.2 Å². The van der Waals surface area contributed by atoms with Gasteiger partial charge >= 0.3 is 5.97 Å². The summed E-state index contributed by atoms with van der Waals surface area (Å²) in [5.74, 6) is -0.565. The maximum Gasteiger partial charge on any atom is 0.305 e. The van der Waals surface area contributed by atoms with E-state index in [0.717, 1.165) is 5.39 Å². The molecule has 0 saturated carbocycles. The van der Waals surface area contributed by atoms with Crippen molar-refractivity contribution in [1.82, 2.24) is 4.98 Å². The molecule has 0 N–H and O–H groups in total. The molecule has 1 heterocycles. The van der Waals surface area contributed by atoms with Crippen LogP contribution >= 0.6 is 0 Å². The highest BCUT2D eigenvalue weighted by Gasteiger charge is 2.08. The predicted molar refractivity (Wildman–Crippen MR) is 62.0 cm³/mol. The lowest BCUT2D eigenvalue weighted by Crippen LogP contribution is -2.03. The lowest BCUT2D eigenvalue weighted by atomic mass is 10.1. The van der Waals surface area contributed by atoms with Crippen molar-refractivity contribution in [2.24, 2.45) is 0 Å². The summed E-state index contributed by atoms with van der Waals surface area (Å²) in [7, 11) is 1.35. The predicted octanol–water partition coefficient (Wildman–Crippen LogP) is 2.48. The number of ether oxygens (including phenoxy) is 1. The van der Waals surface area contributed by atoms with Crippen molar-refractivity contribution >= 4 is 16.7 Å². The van der Waals surface area contributed by atoms with Gasteiger partial charge < -0.3 is 4.74 Å². The molecule has 0 unspecified atom stereocenters. The molecule has 0 spiro atoms. The number of benzene rings is 1. The Hall–Kier alpha value is -1.97. The van der Waals surface area contributed by atoms with Gasteiger partial charge in [-0.25, -0.2) is 4.39 Å². The van der Waals surface area contributed by atoms with Gasteiger partial charge in [-0.2, -0.15) is 0 Å². The fourth-order valence-corrected chi connectivity index (χ4v) is 1.75. The van der Waals surface area contributed by atoms with Crippen LogP contribution in [-0.2, 0) is 16.0 Å². The standard InChI is InChI=1S/C13H12FNO2/c1-17-13(16)6-5-12-10-3-2-4-11(14)9(10)7-8-15-12/h2-4,7-8H,5-6H2,1H3. The maximum absolute atomic E-state index is 13.5. The summed E-state index contributed by atoms with van der Waals surface area (Å²) in [5.41, 5.74) is 0.715. The smallest absolute Gasteiger partial charge is 0.305 e. The summed E-state index contributed by atoms with van der Waals surface area (Å²) < 4.78 is 18.1. The van der Waals surface area contributed by atoms with Gasteiger partial charge in [0.1, 0.15) is 5.82 Å². The van der Waals surface area contributed by atoms with Crippen molar-refractivity contribution in [3.8, 4) is 0 Å². The third kappa shape index (κ3) is 2.41. The number of carbonyl (C=O) groups is 1. The van der Waals surface area contributed by atoms with Gasteiger partial charge in [-0.3, -0.25) is 9.78 Å². The van der Waals surface area contributed by atoms with Gasteiger partial charge in [-0.1, -0.05) is 12.1 Å². The van der Waals surface area contributed by atoms with Crippen molar-refractivity contribution in [2.75, 3.05) is 7.11 Å². The number of fused-ring (bicyclic) bond motifs is 1. The Labute approximate surface area is 98.2 Å². The second kappa shape index (κ2) is 4.91. The number of nitrogens with zero attached hydrogens (tertiary/aromatic N) is 1. The van der Waals surface area contributed by atoms with Gasteiger partial charge in [0, 0.05) is 29.1 Å². The number of halogens is 1. The first-order valence-corrected chi connectivity index (χ1v) is 5.31. The van der Waals surface area contributed by atoms with E-state index < -0.39 is 0 Å². The number of pyridine rings is 1. The minimum absolute atomic E-state index is 0.249. The van der Waals surface area contributed by atoms with E-state index in [1.54, 1.807) is 24.4 Å². The normalized spacial score (nSPS) is 10.5. The monoisotopic (exact) mass is 233 g/mol. The maximum atomic E-state index is 13.5. The first-order chi connectivity index (χ1) is 8.22. The molecule has 0 aliphatic heterocycles. The summed E-state index contributed by atoms with van der Waals surface area (Å²) in [6.07, 6.45) is 2.25. The summed E-state index contributed by atoms with van der Waals surface area (Å²) in [6, 6.07) is 6.48. The van der Waals surface area contributed by atoms with Gasteiger partial charge in [0.2, 0.25) is 0 Å². The number of esters is 1. The van der Waals surface area contributed by atoms with Crippen LogP contribution in [0.25, 0.3) is 10.8 Å². The molecule has 2 rings (SSSR count). The lowest BCUT2D eigenvalue weighted by molar-refractivity contribution is -0.140. The van der Waals surface area contributed by atoms with Crippen LogP contribution in [0.4, 0.5) is 4.39 Å². The zero-order valence-corrected chi connectivity index (χ0v) is 9.44. The summed E-state index contributed by atoms with van der Waals surface area (Å²) in [6.45, 7) is 0. The van der Waals surface area contributed by atoms with E-state index in [-0.39, 0.29) is 18.2 Å². The molecule has 0 radical (unpaired) electrons. The van der Waals surface area contributed by atoms with E-state index in [2.05, 4.69) is 9.72 Å². The Balaban J connectivity index is 2.34. The molecule has 17 heavy (non-hydrogen) atoms. The average Bonchev–Trinajstić information content (AvgIpc) is 2.36. The minimum Gasteiger partial charge on any atom is -0.469 e. The highest BCUT2D eigenvalue weighted by molar-refractivity contribution is 5.85. The second-order valence-electron chi connectivity index (χ2n) is 3.67. The quantitative estimate of drug-likeness (QED) is 0.764. The number of methoxy groups -OCH3 is 1. The molecule has 2 aromatic rings. The minimum atomic E-state index is -0.291. The molecular weight excluding hydrogens is 221 g/mol. The van der Waals surface area contributed by atoms with Crippen LogP contribution in [-0.4, -0.2) is 18.1 Å². The molecule has 1 aromatic heterocycles. The van der Waals surface area contributed by atoms with E-state index >= 15 is 0 Å². The van der Waals surface area contributed by atoms with Crippen LogP contribution < -0.4 is 0 Å². The van der Waals surface area contributed by atoms with Crippen LogP contribution in [0.5, 0.6) is 0 Å². The molecule has 3 nitrogen and oxygen atoms in total. The molecule has 4 heteroatoms. The Morgan fingerprint density at radius 3 is 2.94 bits per heavy atom. The molecule has 0 atom stereocenters. The number of rotatable bonds is 3. The van der Waals surface area contributed by atoms with Crippen molar-refractivity contribution < 1.29 is 13.9 Å². The molecule has 0 saturated heterocycles. The van der Waals surface area contributed by atoms with Crippen LogP contribution in [0.3, 0.4) is 0 Å². The third-order valence-electron chi connectivity index (χ3n) is 2.63. The molecular formula is C13H12FNO2. The topological polar surface area (TPSA) is 39.2 Å². The van der Waals surface area contributed by atoms with Gasteiger partial charge in [0.25, 0.3) is 0 Å².